The molecule has 0 radical (unpaired) electrons. The van der Waals surface area contributed by atoms with Crippen LogP contribution in [0.3, 0.4) is 0 Å². The summed E-state index contributed by atoms with van der Waals surface area (Å²) in [5, 5.41) is 57.3. The largest absolute Gasteiger partial charge is 0.472 e. The summed E-state index contributed by atoms with van der Waals surface area (Å²) in [7, 11) is 0.768. The molecule has 3 aliphatic rings. The predicted molar refractivity (Wildman–Crippen MR) is 404 cm³/mol. The van der Waals surface area contributed by atoms with Crippen LogP contribution in [0, 0.1) is 29.1 Å². The lowest BCUT2D eigenvalue weighted by molar-refractivity contribution is -0.238. The second-order valence-electron chi connectivity index (χ2n) is 29.1. The minimum absolute atomic E-state index is 0. The number of halogens is 26. The molecule has 0 bridgehead atoms. The van der Waals surface area contributed by atoms with Crippen molar-refractivity contribution in [1.29, 1.82) is 0 Å². The maximum absolute atomic E-state index is 14.2. The first kappa shape index (κ1) is 96.5. The van der Waals surface area contributed by atoms with Crippen LogP contribution in [0.25, 0.3) is 84.5 Å². The molecule has 0 saturated heterocycles. The van der Waals surface area contributed by atoms with Crippen LogP contribution in [0.5, 0.6) is 29.4 Å². The van der Waals surface area contributed by atoms with Gasteiger partial charge in [0, 0.05) is 98.5 Å². The van der Waals surface area contributed by atoms with Crippen LogP contribution in [0.4, 0.5) is 114 Å². The summed E-state index contributed by atoms with van der Waals surface area (Å²) >= 11 is 0. The van der Waals surface area contributed by atoms with E-state index in [1.165, 1.54) is 66.3 Å². The van der Waals surface area contributed by atoms with Crippen LogP contribution < -0.4 is 23.7 Å². The molecule has 18 rings (SSSR count). The summed E-state index contributed by atoms with van der Waals surface area (Å²) in [6, 6.07) is 19.3. The van der Waals surface area contributed by atoms with Crippen LogP contribution in [-0.2, 0) is 22.7 Å². The molecular formula is C75H55F26N25O6S. The molecule has 0 N–H and O–H groups in total. The van der Waals surface area contributed by atoms with Crippen molar-refractivity contribution in [3.8, 4) is 85.7 Å². The quantitative estimate of drug-likeness (QED) is 0.0603. The number of methoxy groups -OCH3 is 1. The smallest absolute Gasteiger partial charge is 0.422 e. The predicted octanol–water partition coefficient (Wildman–Crippen LogP) is 16.7. The third kappa shape index (κ3) is 23.5. The number of ether oxygens (including phenoxy) is 6. The fraction of sp³-hybridized carbons (Fsp3) is 0.333. The van der Waals surface area contributed by atoms with Crippen molar-refractivity contribution >= 4 is 41.7 Å². The lowest BCUT2D eigenvalue weighted by Gasteiger charge is -2.34. The summed E-state index contributed by atoms with van der Waals surface area (Å²) in [5.74, 6) is -19.4. The maximum atomic E-state index is 14.2. The zero-order valence-electron chi connectivity index (χ0n) is 67.1. The summed E-state index contributed by atoms with van der Waals surface area (Å²) in [5.41, 5.74) is 1.37. The highest BCUT2D eigenvalue weighted by Crippen LogP contribution is 2.54. The molecule has 31 nitrogen and oxygen atoms in total. The lowest BCUT2D eigenvalue weighted by atomic mass is 9.91. The van der Waals surface area contributed by atoms with Crippen molar-refractivity contribution in [3.05, 3.63) is 180 Å². The number of rotatable bonds is 21. The summed E-state index contributed by atoms with van der Waals surface area (Å²) in [4.78, 5) is 17.9. The standard InChI is InChI=1S/2C16H12F5N5O.C15H11F4N5O.C14H9F6N5O2.C14H9F6N5O.H2S/c1-15(18,19)14-24-23-12-3-2-11(25-26(12)14)8-4-10(17)13(22-7-8)27-9-5-16(20,21)6-9;1-15(18)5-9(15)13-24-23-12-3-2-11(25-26(12)13)8-4-10(17)14(22-6-8)27-7-16(19,20)21;16-10-5-9(6-20-14(10)25-7-15(17,18)19)11-3-4-12-21-22-13(8-1-2-8)24(12)23-11;1-26-14(19,20)12-23-22-10-3-2-9(24-25(10)12)7-4-8(15)11(21-5-7)27-6-13(16,17)18;1-13(16,17)12-23-22-10-3-2-9(24-25(10)12)7-4-8(15)11(21-5-7)26-6-14(18,19)20;/h2-4,7,9H,5-6H2,1H3;2-4,6,9H,5,7H2,1H3;3-6,8H,1-2,7H2;2-5H,6H2,1H3;2-5H,6H2,1H3;1H2/t;9-,15?;;;;/m.0..../s1. The fourth-order valence-corrected chi connectivity index (χ4v) is 11.9. The van der Waals surface area contributed by atoms with Crippen LogP contribution in [0.15, 0.2) is 122 Å². The number of fused-ring (bicyclic) bond motifs is 5. The van der Waals surface area contributed by atoms with E-state index in [0.29, 0.717) is 59.1 Å². The number of nitrogens with zero attached hydrogens (tertiary/aromatic N) is 25. The highest BCUT2D eigenvalue weighted by atomic mass is 32.1. The van der Waals surface area contributed by atoms with Gasteiger partial charge in [0.1, 0.15) is 11.8 Å². The van der Waals surface area contributed by atoms with E-state index in [-0.39, 0.29) is 75.5 Å². The van der Waals surface area contributed by atoms with E-state index in [2.05, 4.69) is 125 Å². The molecule has 0 spiro atoms. The first-order valence-corrected chi connectivity index (χ1v) is 37.5. The zero-order chi connectivity index (χ0) is 95.3. The monoisotopic (exact) mass is 1930 g/mol. The Bertz CT molecular complexity index is 6730. The Kier molecular flexibility index (Phi) is 26.8. The Morgan fingerprint density at radius 3 is 0.887 bits per heavy atom. The van der Waals surface area contributed by atoms with E-state index < -0.39 is 182 Å². The summed E-state index contributed by atoms with van der Waals surface area (Å²) in [6.07, 6.45) is -16.1. The molecule has 0 amide bonds. The van der Waals surface area contributed by atoms with Crippen LogP contribution in [-0.4, -0.2) is 200 Å². The van der Waals surface area contributed by atoms with E-state index in [1.807, 2.05) is 0 Å². The second-order valence-corrected chi connectivity index (χ2v) is 29.1. The molecule has 133 heavy (non-hydrogen) atoms. The number of aromatic nitrogens is 25. The van der Waals surface area contributed by atoms with Crippen molar-refractivity contribution in [3.63, 3.8) is 0 Å². The van der Waals surface area contributed by atoms with Gasteiger partial charge in [-0.3, -0.25) is 0 Å². The van der Waals surface area contributed by atoms with Gasteiger partial charge in [0.25, 0.3) is 41.1 Å². The number of pyridine rings is 5. The summed E-state index contributed by atoms with van der Waals surface area (Å²) < 4.78 is 369. The number of alkyl halides is 21. The second kappa shape index (κ2) is 37.0. The SMILES string of the molecule is CC(F)(F)c1nnc2ccc(-c3cnc(OC4CC(F)(F)C4)c(F)c3)nn12.CC(F)(F)c1nnc2ccc(-c3cnc(OCC(F)(F)F)c(F)c3)nn12.CC1(F)C[C@H]1c1nnc2ccc(-c3cnc(OCC(F)(F)F)c(F)c3)nn12.COC(F)(F)c1nnc2ccc(-c3cnc(OCC(F)(F)F)c(F)c3)nn12.Fc1cc(-c2ccc3nnc(C4CC4)n3n2)cnc1OCC(F)(F)F.S. The van der Waals surface area contributed by atoms with Crippen molar-refractivity contribution in [2.75, 3.05) is 33.5 Å². The van der Waals surface area contributed by atoms with Gasteiger partial charge in [-0.15, -0.1) is 51.0 Å². The fourth-order valence-electron chi connectivity index (χ4n) is 11.9. The van der Waals surface area contributed by atoms with Gasteiger partial charge in [-0.2, -0.15) is 141 Å². The maximum Gasteiger partial charge on any atom is 0.422 e. The minimum Gasteiger partial charge on any atom is -0.472 e. The topological polar surface area (TPSA) is 335 Å². The summed E-state index contributed by atoms with van der Waals surface area (Å²) in [6.45, 7) is -3.92. The molecule has 3 fully saturated rings. The molecule has 15 aromatic rings. The van der Waals surface area contributed by atoms with Gasteiger partial charge >= 0.3 is 42.7 Å². The van der Waals surface area contributed by atoms with E-state index in [0.717, 1.165) is 83.7 Å². The molecular weight excluding hydrogens is 1870 g/mol. The van der Waals surface area contributed by atoms with Gasteiger partial charge in [0.15, 0.2) is 95.4 Å². The zero-order valence-corrected chi connectivity index (χ0v) is 68.1. The van der Waals surface area contributed by atoms with Gasteiger partial charge in [0.05, 0.1) is 34.4 Å². The molecule has 15 heterocycles. The van der Waals surface area contributed by atoms with E-state index >= 15 is 0 Å². The molecule has 1 unspecified atom stereocenters. The molecule has 3 aliphatic carbocycles. The third-order valence-corrected chi connectivity index (χ3v) is 18.4. The molecule has 58 heteroatoms. The normalized spacial score (nSPS) is 15.8. The highest BCUT2D eigenvalue weighted by Gasteiger charge is 2.55. The van der Waals surface area contributed by atoms with Crippen LogP contribution in [0.1, 0.15) is 93.8 Å². The highest BCUT2D eigenvalue weighted by molar-refractivity contribution is 7.59. The van der Waals surface area contributed by atoms with E-state index in [1.54, 1.807) is 22.7 Å². The van der Waals surface area contributed by atoms with Gasteiger partial charge in [-0.1, -0.05) is 0 Å². The Balaban J connectivity index is 0.000000141. The van der Waals surface area contributed by atoms with Gasteiger partial charge < -0.3 is 28.4 Å². The van der Waals surface area contributed by atoms with Gasteiger partial charge in [0.2, 0.25) is 11.6 Å². The van der Waals surface area contributed by atoms with Crippen molar-refractivity contribution in [2.45, 2.75) is 125 Å². The van der Waals surface area contributed by atoms with Gasteiger partial charge in [-0.05, 0) is 117 Å². The molecule has 2 atom stereocenters. The Morgan fingerprint density at radius 1 is 0.353 bits per heavy atom. The molecule has 0 aromatic carbocycles. The van der Waals surface area contributed by atoms with Crippen molar-refractivity contribution in [2.24, 2.45) is 0 Å². The van der Waals surface area contributed by atoms with Crippen LogP contribution >= 0.6 is 13.5 Å². The number of hydrogen-bond acceptors (Lipinski definition) is 26. The first-order chi connectivity index (χ1) is 61.8. The van der Waals surface area contributed by atoms with Gasteiger partial charge in [-0.25, -0.2) is 60.0 Å². The molecule has 15 aromatic heterocycles. The Labute approximate surface area is 730 Å². The molecule has 3 saturated carbocycles. The third-order valence-electron chi connectivity index (χ3n) is 18.4. The number of hydrogen-bond donors (Lipinski definition) is 0. The van der Waals surface area contributed by atoms with Crippen molar-refractivity contribution in [1.82, 2.24) is 124 Å². The van der Waals surface area contributed by atoms with Crippen LogP contribution in [0.2, 0.25) is 0 Å². The lowest BCUT2D eigenvalue weighted by Crippen LogP contribution is -2.43. The first-order valence-electron chi connectivity index (χ1n) is 37.5. The van der Waals surface area contributed by atoms with E-state index in [9.17, 15) is 114 Å². The Hall–Kier alpha value is -14.0. The molecule has 704 valence electrons. The van der Waals surface area contributed by atoms with Crippen molar-refractivity contribution < 1.29 is 143 Å². The molecule has 0 aliphatic heterocycles. The Morgan fingerprint density at radius 2 is 0.617 bits per heavy atom. The minimum atomic E-state index is -4.66. The average molecular weight is 1930 g/mol. The average Bonchev–Trinajstić information content (AvgIpc) is 1.58. The van der Waals surface area contributed by atoms with E-state index in [4.69, 9.17) is 4.74 Å².